The average molecular weight is 551 g/mol. The molecule has 1 amide bonds. The Morgan fingerprint density at radius 3 is 2.60 bits per heavy atom. The third-order valence-corrected chi connectivity index (χ3v) is 7.46. The van der Waals surface area contributed by atoms with Crippen LogP contribution in [-0.2, 0) is 24.3 Å². The van der Waals surface area contributed by atoms with Gasteiger partial charge in [-0.2, -0.15) is 0 Å². The third kappa shape index (κ3) is 7.55. The number of aromatic nitrogens is 2. The summed E-state index contributed by atoms with van der Waals surface area (Å²) in [6.45, 7) is 11.3. The molecule has 9 nitrogen and oxygen atoms in total. The quantitative estimate of drug-likeness (QED) is 0.390. The molecular formula is C31H42N4O5. The molecule has 1 aliphatic heterocycles. The summed E-state index contributed by atoms with van der Waals surface area (Å²) in [5.74, 6) is 3.02. The molecule has 1 atom stereocenters. The number of hydrogen-bond donors (Lipinski definition) is 1. The minimum Gasteiger partial charge on any atom is -0.493 e. The third-order valence-electron chi connectivity index (χ3n) is 7.46. The molecule has 3 aromatic rings. The smallest absolute Gasteiger partial charge is 0.219 e. The number of aryl methyl sites for hydroxylation is 3. The topological polar surface area (TPSA) is 89.3 Å². The van der Waals surface area contributed by atoms with E-state index in [4.69, 9.17) is 14.2 Å². The van der Waals surface area contributed by atoms with Crippen LogP contribution < -0.4 is 14.2 Å². The van der Waals surface area contributed by atoms with Crippen LogP contribution in [0.4, 0.5) is 0 Å². The number of hydrogen-bond acceptors (Lipinski definition) is 7. The van der Waals surface area contributed by atoms with E-state index in [-0.39, 0.29) is 19.1 Å². The number of amides is 1. The van der Waals surface area contributed by atoms with E-state index in [2.05, 4.69) is 28.3 Å². The molecule has 1 aromatic heterocycles. The second-order valence-electron chi connectivity index (χ2n) is 10.6. The lowest BCUT2D eigenvalue weighted by molar-refractivity contribution is -0.132. The molecule has 4 rings (SSSR count). The molecule has 1 N–H and O–H groups in total. The van der Waals surface area contributed by atoms with Crippen LogP contribution in [-0.4, -0.2) is 82.5 Å². The van der Waals surface area contributed by atoms with Crippen molar-refractivity contribution in [1.29, 1.82) is 0 Å². The Morgan fingerprint density at radius 1 is 1.05 bits per heavy atom. The normalized spacial score (nSPS) is 17.9. The van der Waals surface area contributed by atoms with Crippen LogP contribution in [0.3, 0.4) is 0 Å². The first-order valence-electron chi connectivity index (χ1n) is 13.9. The number of methoxy groups -OCH3 is 1. The Morgan fingerprint density at radius 2 is 1.88 bits per heavy atom. The van der Waals surface area contributed by atoms with Gasteiger partial charge in [0, 0.05) is 51.9 Å². The number of carbonyl (C=O) groups excluding carboxylic acids is 1. The largest absolute Gasteiger partial charge is 0.493 e. The molecule has 9 heteroatoms. The van der Waals surface area contributed by atoms with Crippen molar-refractivity contribution < 1.29 is 24.1 Å². The summed E-state index contributed by atoms with van der Waals surface area (Å²) in [6, 6.07) is 11.8. The van der Waals surface area contributed by atoms with Crippen molar-refractivity contribution in [2.24, 2.45) is 0 Å². The van der Waals surface area contributed by atoms with Crippen molar-refractivity contribution in [3.63, 3.8) is 0 Å². The zero-order valence-electron chi connectivity index (χ0n) is 24.4. The van der Waals surface area contributed by atoms with Crippen molar-refractivity contribution >= 4 is 5.91 Å². The van der Waals surface area contributed by atoms with Gasteiger partial charge in [0.15, 0.2) is 11.5 Å². The van der Waals surface area contributed by atoms with E-state index in [1.54, 1.807) is 18.9 Å². The second kappa shape index (κ2) is 13.2. The summed E-state index contributed by atoms with van der Waals surface area (Å²) in [7, 11) is 1.63. The van der Waals surface area contributed by atoms with Crippen LogP contribution >= 0.6 is 0 Å². The first-order chi connectivity index (χ1) is 19.2. The number of rotatable bonds is 11. The number of imidazole rings is 1. The molecule has 0 saturated carbocycles. The summed E-state index contributed by atoms with van der Waals surface area (Å²) >= 11 is 0. The van der Waals surface area contributed by atoms with Crippen LogP contribution in [0.25, 0.3) is 0 Å². The molecule has 216 valence electrons. The van der Waals surface area contributed by atoms with Crippen molar-refractivity contribution in [2.75, 3.05) is 46.5 Å². The van der Waals surface area contributed by atoms with E-state index in [1.807, 2.05) is 55.7 Å². The molecule has 1 aliphatic rings. The van der Waals surface area contributed by atoms with Crippen LogP contribution in [0, 0.1) is 13.8 Å². The number of benzene rings is 2. The SMILES string of the molecule is CCc1nccn1CCOc1cc(CN2CCN(C(C)=O)C[C@@](O)(COc3ccc(C)c(C)c3)C2)ccc1OC. The van der Waals surface area contributed by atoms with Gasteiger partial charge >= 0.3 is 0 Å². The van der Waals surface area contributed by atoms with E-state index in [9.17, 15) is 9.90 Å². The zero-order chi connectivity index (χ0) is 28.7. The molecular weight excluding hydrogens is 508 g/mol. The van der Waals surface area contributed by atoms with E-state index < -0.39 is 5.60 Å². The van der Waals surface area contributed by atoms with E-state index in [1.165, 1.54) is 5.56 Å². The molecule has 2 aromatic carbocycles. The van der Waals surface area contributed by atoms with E-state index >= 15 is 0 Å². The van der Waals surface area contributed by atoms with Crippen LogP contribution in [0.1, 0.15) is 36.4 Å². The fraction of sp³-hybridized carbons (Fsp3) is 0.484. The molecule has 0 unspecified atom stereocenters. The summed E-state index contributed by atoms with van der Waals surface area (Å²) in [5, 5.41) is 11.7. The Labute approximate surface area is 237 Å². The van der Waals surface area contributed by atoms with Crippen molar-refractivity contribution in [1.82, 2.24) is 19.4 Å². The number of β-amino-alcohol motifs (C(OH)–C–C–N with tert-alkyl or cyclic N) is 1. The van der Waals surface area contributed by atoms with Gasteiger partial charge in [-0.05, 0) is 54.8 Å². The zero-order valence-corrected chi connectivity index (χ0v) is 24.4. The maximum atomic E-state index is 12.3. The highest BCUT2D eigenvalue weighted by Crippen LogP contribution is 2.29. The molecule has 40 heavy (non-hydrogen) atoms. The van der Waals surface area contributed by atoms with E-state index in [0.29, 0.717) is 56.6 Å². The van der Waals surface area contributed by atoms with Gasteiger partial charge in [0.1, 0.15) is 30.4 Å². The van der Waals surface area contributed by atoms with Crippen molar-refractivity contribution in [3.05, 3.63) is 71.3 Å². The fourth-order valence-electron chi connectivity index (χ4n) is 5.06. The summed E-state index contributed by atoms with van der Waals surface area (Å²) in [6.07, 6.45) is 4.64. The van der Waals surface area contributed by atoms with Gasteiger partial charge in [-0.1, -0.05) is 19.1 Å². The molecule has 1 fully saturated rings. The van der Waals surface area contributed by atoms with Crippen LogP contribution in [0.15, 0.2) is 48.8 Å². The van der Waals surface area contributed by atoms with E-state index in [0.717, 1.165) is 23.4 Å². The minimum absolute atomic E-state index is 0.0595. The lowest BCUT2D eigenvalue weighted by atomic mass is 10.0. The second-order valence-corrected chi connectivity index (χ2v) is 10.6. The average Bonchev–Trinajstić information content (AvgIpc) is 3.32. The number of ether oxygens (including phenoxy) is 3. The summed E-state index contributed by atoms with van der Waals surface area (Å²) in [5.41, 5.74) is 2.12. The van der Waals surface area contributed by atoms with Gasteiger partial charge in [-0.25, -0.2) is 4.98 Å². The van der Waals surface area contributed by atoms with Gasteiger partial charge in [0.05, 0.1) is 20.2 Å². The maximum Gasteiger partial charge on any atom is 0.219 e. The van der Waals surface area contributed by atoms with Crippen LogP contribution in [0.2, 0.25) is 0 Å². The Balaban J connectivity index is 1.45. The highest BCUT2D eigenvalue weighted by molar-refractivity contribution is 5.73. The Bertz CT molecular complexity index is 1290. The lowest BCUT2D eigenvalue weighted by Gasteiger charge is -2.33. The predicted octanol–water partition coefficient (Wildman–Crippen LogP) is 3.62. The number of carbonyl (C=O) groups is 1. The molecule has 0 bridgehead atoms. The fourth-order valence-corrected chi connectivity index (χ4v) is 5.06. The highest BCUT2D eigenvalue weighted by Gasteiger charge is 2.37. The number of aliphatic hydroxyl groups is 1. The summed E-state index contributed by atoms with van der Waals surface area (Å²) in [4.78, 5) is 20.6. The van der Waals surface area contributed by atoms with Gasteiger partial charge in [-0.3, -0.25) is 9.69 Å². The molecule has 0 aliphatic carbocycles. The predicted molar refractivity (Wildman–Crippen MR) is 154 cm³/mol. The molecule has 0 radical (unpaired) electrons. The monoisotopic (exact) mass is 550 g/mol. The summed E-state index contributed by atoms with van der Waals surface area (Å²) < 4.78 is 19.8. The first-order valence-corrected chi connectivity index (χ1v) is 13.9. The molecule has 0 spiro atoms. The first kappa shape index (κ1) is 29.4. The van der Waals surface area contributed by atoms with Gasteiger partial charge in [0.2, 0.25) is 5.91 Å². The standard InChI is InChI=1S/C31H42N4O5/c1-6-30-32-11-12-34(30)15-16-39-29-18-26(8-10-28(29)38-5)19-33-13-14-35(25(4)36)21-31(37,20-33)22-40-27-9-7-23(2)24(3)17-27/h7-12,17-18,37H,6,13-16,19-22H2,1-5H3/t31-/m1/s1. The number of nitrogens with zero attached hydrogens (tertiary/aromatic N) is 4. The highest BCUT2D eigenvalue weighted by atomic mass is 16.5. The lowest BCUT2D eigenvalue weighted by Crippen LogP contribution is -2.51. The maximum absolute atomic E-state index is 12.3. The molecule has 1 saturated heterocycles. The molecule has 2 heterocycles. The van der Waals surface area contributed by atoms with Gasteiger partial charge < -0.3 is 28.8 Å². The van der Waals surface area contributed by atoms with Gasteiger partial charge in [0.25, 0.3) is 0 Å². The van der Waals surface area contributed by atoms with Crippen LogP contribution in [0.5, 0.6) is 17.2 Å². The Kier molecular flexibility index (Phi) is 9.71. The van der Waals surface area contributed by atoms with Crippen molar-refractivity contribution in [3.8, 4) is 17.2 Å². The minimum atomic E-state index is -1.23. The van der Waals surface area contributed by atoms with Gasteiger partial charge in [-0.15, -0.1) is 0 Å². The Hall–Kier alpha value is -3.56. The van der Waals surface area contributed by atoms with Crippen molar-refractivity contribution in [2.45, 2.75) is 52.8 Å².